The van der Waals surface area contributed by atoms with Gasteiger partial charge in [-0.1, -0.05) is 11.6 Å². The predicted octanol–water partition coefficient (Wildman–Crippen LogP) is 2.13. The Bertz CT molecular complexity index is 373. The Morgan fingerprint density at radius 2 is 2.23 bits per heavy atom. The maximum absolute atomic E-state index is 12.1. The molecular weight excluding hydrogens is 200 g/mol. The number of nitriles is 1. The summed E-state index contributed by atoms with van der Waals surface area (Å²) >= 11 is 5.42. The summed E-state index contributed by atoms with van der Waals surface area (Å²) in [4.78, 5) is 3.32. The zero-order valence-electron chi connectivity index (χ0n) is 6.26. The van der Waals surface area contributed by atoms with Crippen molar-refractivity contribution in [2.75, 3.05) is 5.73 Å². The van der Waals surface area contributed by atoms with Crippen molar-refractivity contribution in [2.24, 2.45) is 0 Å². The predicted molar refractivity (Wildman–Crippen MR) is 43.3 cm³/mol. The number of nitrogen functional groups attached to an aromatic ring is 1. The summed E-state index contributed by atoms with van der Waals surface area (Å²) in [6, 6.07) is 2.57. The van der Waals surface area contributed by atoms with E-state index in [2.05, 4.69) is 4.98 Å². The van der Waals surface area contributed by atoms with E-state index in [0.29, 0.717) is 0 Å². The van der Waals surface area contributed by atoms with Crippen LogP contribution in [0, 0.1) is 11.3 Å². The summed E-state index contributed by atoms with van der Waals surface area (Å²) in [6.45, 7) is 0. The van der Waals surface area contributed by atoms with Crippen molar-refractivity contribution in [2.45, 2.75) is 6.43 Å². The molecular formula is C7H4ClF2N3. The molecule has 0 radical (unpaired) electrons. The van der Waals surface area contributed by atoms with E-state index in [-0.39, 0.29) is 16.4 Å². The van der Waals surface area contributed by atoms with Crippen LogP contribution < -0.4 is 5.73 Å². The Hall–Kier alpha value is -1.41. The summed E-state index contributed by atoms with van der Waals surface area (Å²) in [5, 5.41) is 8.22. The summed E-state index contributed by atoms with van der Waals surface area (Å²) in [5.41, 5.74) is 4.59. The number of pyridine rings is 1. The average molecular weight is 204 g/mol. The molecule has 0 bridgehead atoms. The summed E-state index contributed by atoms with van der Waals surface area (Å²) < 4.78 is 24.2. The molecule has 68 valence electrons. The molecule has 0 saturated heterocycles. The van der Waals surface area contributed by atoms with E-state index in [1.54, 1.807) is 6.07 Å². The van der Waals surface area contributed by atoms with Gasteiger partial charge in [-0.15, -0.1) is 0 Å². The van der Waals surface area contributed by atoms with Crippen LogP contribution in [0.15, 0.2) is 6.07 Å². The zero-order chi connectivity index (χ0) is 10.0. The number of rotatable bonds is 1. The Morgan fingerprint density at radius 3 is 2.69 bits per heavy atom. The Balaban J connectivity index is 3.32. The van der Waals surface area contributed by atoms with E-state index in [1.165, 1.54) is 0 Å². The number of nitrogens with zero attached hydrogens (tertiary/aromatic N) is 2. The molecule has 1 rings (SSSR count). The van der Waals surface area contributed by atoms with Gasteiger partial charge in [-0.3, -0.25) is 0 Å². The molecule has 0 spiro atoms. The van der Waals surface area contributed by atoms with Gasteiger partial charge in [-0.25, -0.2) is 13.8 Å². The van der Waals surface area contributed by atoms with Crippen LogP contribution in [0.4, 0.5) is 14.5 Å². The normalized spacial score (nSPS) is 10.1. The number of nitrogens with two attached hydrogens (primary N) is 1. The summed E-state index contributed by atoms with van der Waals surface area (Å²) in [6.07, 6.45) is -2.76. The van der Waals surface area contributed by atoms with Crippen LogP contribution in [-0.4, -0.2) is 4.98 Å². The number of hydrogen-bond donors (Lipinski definition) is 1. The molecule has 13 heavy (non-hydrogen) atoms. The van der Waals surface area contributed by atoms with Crippen LogP contribution in [0.1, 0.15) is 17.7 Å². The zero-order valence-corrected chi connectivity index (χ0v) is 7.02. The van der Waals surface area contributed by atoms with Gasteiger partial charge in [0.15, 0.2) is 5.15 Å². The first-order valence-electron chi connectivity index (χ1n) is 3.20. The lowest BCUT2D eigenvalue weighted by Gasteiger charge is -2.03. The number of alkyl halides is 2. The Morgan fingerprint density at radius 1 is 1.62 bits per heavy atom. The molecule has 0 fully saturated rings. The van der Waals surface area contributed by atoms with Gasteiger partial charge < -0.3 is 5.73 Å². The van der Waals surface area contributed by atoms with Crippen molar-refractivity contribution >= 4 is 17.3 Å². The minimum Gasteiger partial charge on any atom is -0.395 e. The van der Waals surface area contributed by atoms with Crippen LogP contribution in [0.25, 0.3) is 0 Å². The fourth-order valence-electron chi connectivity index (χ4n) is 0.747. The van der Waals surface area contributed by atoms with Crippen LogP contribution in [0.5, 0.6) is 0 Å². The molecule has 0 aromatic carbocycles. The van der Waals surface area contributed by atoms with Crippen LogP contribution in [0.2, 0.25) is 5.15 Å². The molecule has 1 aromatic heterocycles. The number of aromatic nitrogens is 1. The molecule has 0 atom stereocenters. The van der Waals surface area contributed by atoms with Gasteiger partial charge in [-0.2, -0.15) is 5.26 Å². The highest BCUT2D eigenvalue weighted by Crippen LogP contribution is 2.25. The molecule has 0 aliphatic rings. The highest BCUT2D eigenvalue weighted by atomic mass is 35.5. The van der Waals surface area contributed by atoms with Crippen LogP contribution in [0.3, 0.4) is 0 Å². The quantitative estimate of drug-likeness (QED) is 0.711. The molecule has 0 unspecified atom stereocenters. The summed E-state index contributed by atoms with van der Waals surface area (Å²) in [5.74, 6) is 0. The van der Waals surface area contributed by atoms with Gasteiger partial charge in [0.25, 0.3) is 6.43 Å². The highest BCUT2D eigenvalue weighted by Gasteiger charge is 2.14. The Kier molecular flexibility index (Phi) is 2.63. The van der Waals surface area contributed by atoms with Crippen molar-refractivity contribution in [1.82, 2.24) is 4.98 Å². The summed E-state index contributed by atoms with van der Waals surface area (Å²) in [7, 11) is 0. The molecule has 0 aliphatic carbocycles. The average Bonchev–Trinajstić information content (AvgIpc) is 2.09. The number of halogens is 3. The minimum atomic E-state index is -2.76. The fourth-order valence-corrected chi connectivity index (χ4v) is 0.946. The van der Waals surface area contributed by atoms with Gasteiger partial charge >= 0.3 is 0 Å². The molecule has 0 amide bonds. The molecule has 0 aliphatic heterocycles. The van der Waals surface area contributed by atoms with Gasteiger partial charge in [0.2, 0.25) is 0 Å². The van der Waals surface area contributed by atoms with Crippen LogP contribution in [-0.2, 0) is 0 Å². The van der Waals surface area contributed by atoms with Crippen molar-refractivity contribution in [3.05, 3.63) is 22.5 Å². The standard InChI is InChI=1S/C7H4ClF2N3/c8-6-5(12)3(2-11)1-4(13-6)7(9)10/h1,7H,12H2. The molecule has 0 saturated carbocycles. The first-order valence-corrected chi connectivity index (χ1v) is 3.58. The largest absolute Gasteiger partial charge is 0.395 e. The lowest BCUT2D eigenvalue weighted by molar-refractivity contribution is 0.146. The van der Waals surface area contributed by atoms with E-state index in [4.69, 9.17) is 22.6 Å². The molecule has 3 nitrogen and oxygen atoms in total. The topological polar surface area (TPSA) is 62.7 Å². The second-order valence-corrected chi connectivity index (χ2v) is 2.57. The third-order valence-electron chi connectivity index (χ3n) is 1.38. The van der Waals surface area contributed by atoms with Crippen molar-refractivity contribution in [3.63, 3.8) is 0 Å². The second kappa shape index (κ2) is 3.54. The van der Waals surface area contributed by atoms with Gasteiger partial charge in [0.05, 0.1) is 11.3 Å². The van der Waals surface area contributed by atoms with E-state index in [1.807, 2.05) is 0 Å². The van der Waals surface area contributed by atoms with Crippen molar-refractivity contribution in [3.8, 4) is 6.07 Å². The number of hydrogen-bond acceptors (Lipinski definition) is 3. The van der Waals surface area contributed by atoms with E-state index >= 15 is 0 Å². The van der Waals surface area contributed by atoms with Gasteiger partial charge in [0.1, 0.15) is 11.8 Å². The van der Waals surface area contributed by atoms with E-state index in [9.17, 15) is 8.78 Å². The molecule has 2 N–H and O–H groups in total. The molecule has 1 aromatic rings. The third-order valence-corrected chi connectivity index (χ3v) is 1.66. The van der Waals surface area contributed by atoms with E-state index in [0.717, 1.165) is 6.07 Å². The maximum atomic E-state index is 12.1. The van der Waals surface area contributed by atoms with Crippen molar-refractivity contribution in [1.29, 1.82) is 5.26 Å². The lowest BCUT2D eigenvalue weighted by atomic mass is 10.2. The van der Waals surface area contributed by atoms with Crippen LogP contribution >= 0.6 is 11.6 Å². The number of anilines is 1. The minimum absolute atomic E-state index is 0.0754. The highest BCUT2D eigenvalue weighted by molar-refractivity contribution is 6.32. The third kappa shape index (κ3) is 1.84. The SMILES string of the molecule is N#Cc1cc(C(F)F)nc(Cl)c1N. The fraction of sp³-hybridized carbons (Fsp3) is 0.143. The molecule has 6 heteroatoms. The van der Waals surface area contributed by atoms with Gasteiger partial charge in [-0.05, 0) is 6.07 Å². The first-order chi connectivity index (χ1) is 6.06. The molecule has 1 heterocycles. The second-order valence-electron chi connectivity index (χ2n) is 2.21. The lowest BCUT2D eigenvalue weighted by Crippen LogP contribution is -1.98. The first kappa shape index (κ1) is 9.68. The smallest absolute Gasteiger partial charge is 0.280 e. The van der Waals surface area contributed by atoms with Gasteiger partial charge in [0, 0.05) is 0 Å². The Labute approximate surface area is 77.7 Å². The van der Waals surface area contributed by atoms with E-state index < -0.39 is 12.1 Å². The van der Waals surface area contributed by atoms with Crippen molar-refractivity contribution < 1.29 is 8.78 Å². The maximum Gasteiger partial charge on any atom is 0.280 e. The monoisotopic (exact) mass is 203 g/mol.